The number of hydrogen-bond acceptors (Lipinski definition) is 1. The fourth-order valence-electron chi connectivity index (χ4n) is 2.16. The SMILES string of the molecule is Clc1cccc(C2(CNC3CC3)CC2)c1. The molecule has 2 saturated carbocycles. The van der Waals surface area contributed by atoms with Crippen LogP contribution in [0.4, 0.5) is 0 Å². The monoisotopic (exact) mass is 221 g/mol. The summed E-state index contributed by atoms with van der Waals surface area (Å²) in [7, 11) is 0. The summed E-state index contributed by atoms with van der Waals surface area (Å²) in [6.45, 7) is 1.14. The summed E-state index contributed by atoms with van der Waals surface area (Å²) in [5, 5.41) is 4.50. The smallest absolute Gasteiger partial charge is 0.0408 e. The zero-order valence-corrected chi connectivity index (χ0v) is 9.56. The van der Waals surface area contributed by atoms with E-state index in [1.807, 2.05) is 6.07 Å². The van der Waals surface area contributed by atoms with Crippen molar-refractivity contribution in [1.29, 1.82) is 0 Å². The molecule has 0 aromatic heterocycles. The molecule has 0 aliphatic heterocycles. The molecular formula is C13H16ClN. The Bertz CT molecular complexity index is 367. The van der Waals surface area contributed by atoms with Crippen LogP contribution in [0.5, 0.6) is 0 Å². The molecule has 1 nitrogen and oxygen atoms in total. The molecule has 0 heterocycles. The van der Waals surface area contributed by atoms with E-state index in [-0.39, 0.29) is 0 Å². The second-order valence-corrected chi connectivity index (χ2v) is 5.38. The van der Waals surface area contributed by atoms with Gasteiger partial charge in [-0.3, -0.25) is 0 Å². The lowest BCUT2D eigenvalue weighted by Gasteiger charge is -2.16. The first-order chi connectivity index (χ1) is 7.28. The van der Waals surface area contributed by atoms with E-state index in [2.05, 4.69) is 23.5 Å². The van der Waals surface area contributed by atoms with Gasteiger partial charge in [-0.2, -0.15) is 0 Å². The van der Waals surface area contributed by atoms with Crippen molar-refractivity contribution >= 4 is 11.6 Å². The number of halogens is 1. The van der Waals surface area contributed by atoms with Crippen molar-refractivity contribution in [2.24, 2.45) is 0 Å². The van der Waals surface area contributed by atoms with Gasteiger partial charge in [-0.15, -0.1) is 0 Å². The zero-order valence-electron chi connectivity index (χ0n) is 8.80. The van der Waals surface area contributed by atoms with E-state index in [1.165, 1.54) is 31.2 Å². The van der Waals surface area contributed by atoms with Gasteiger partial charge in [-0.05, 0) is 43.4 Å². The van der Waals surface area contributed by atoms with Crippen LogP contribution in [-0.4, -0.2) is 12.6 Å². The van der Waals surface area contributed by atoms with E-state index in [1.54, 1.807) is 0 Å². The second kappa shape index (κ2) is 3.50. The highest BCUT2D eigenvalue weighted by Gasteiger charge is 2.44. The van der Waals surface area contributed by atoms with Gasteiger partial charge in [-0.25, -0.2) is 0 Å². The molecule has 1 aromatic carbocycles. The van der Waals surface area contributed by atoms with Gasteiger partial charge in [0.25, 0.3) is 0 Å². The molecule has 0 saturated heterocycles. The Kier molecular flexibility index (Phi) is 2.26. The Morgan fingerprint density at radius 1 is 1.33 bits per heavy atom. The summed E-state index contributed by atoms with van der Waals surface area (Å²) >= 11 is 6.03. The predicted octanol–water partition coefficient (Wildman–Crippen LogP) is 3.12. The first kappa shape index (κ1) is 9.68. The van der Waals surface area contributed by atoms with Gasteiger partial charge in [0.1, 0.15) is 0 Å². The maximum atomic E-state index is 6.03. The van der Waals surface area contributed by atoms with Crippen LogP contribution >= 0.6 is 11.6 Å². The van der Waals surface area contributed by atoms with Crippen LogP contribution in [0.1, 0.15) is 31.2 Å². The van der Waals surface area contributed by atoms with E-state index in [4.69, 9.17) is 11.6 Å². The molecule has 1 N–H and O–H groups in total. The van der Waals surface area contributed by atoms with Crippen molar-refractivity contribution in [3.8, 4) is 0 Å². The maximum absolute atomic E-state index is 6.03. The van der Waals surface area contributed by atoms with Gasteiger partial charge < -0.3 is 5.32 Å². The quantitative estimate of drug-likeness (QED) is 0.824. The van der Waals surface area contributed by atoms with E-state index < -0.39 is 0 Å². The van der Waals surface area contributed by atoms with Gasteiger partial charge in [0.2, 0.25) is 0 Å². The lowest BCUT2D eigenvalue weighted by Crippen LogP contribution is -2.28. The predicted molar refractivity (Wildman–Crippen MR) is 63.4 cm³/mol. The fraction of sp³-hybridized carbons (Fsp3) is 0.538. The van der Waals surface area contributed by atoms with Gasteiger partial charge >= 0.3 is 0 Å². The van der Waals surface area contributed by atoms with Crippen LogP contribution in [0.2, 0.25) is 5.02 Å². The molecule has 80 valence electrons. The van der Waals surface area contributed by atoms with Gasteiger partial charge in [0, 0.05) is 23.0 Å². The summed E-state index contributed by atoms with van der Waals surface area (Å²) < 4.78 is 0. The van der Waals surface area contributed by atoms with Crippen molar-refractivity contribution in [3.05, 3.63) is 34.9 Å². The highest BCUT2D eigenvalue weighted by molar-refractivity contribution is 6.30. The van der Waals surface area contributed by atoms with E-state index in [9.17, 15) is 0 Å². The minimum atomic E-state index is 0.410. The lowest BCUT2D eigenvalue weighted by molar-refractivity contribution is 0.572. The number of hydrogen-bond donors (Lipinski definition) is 1. The molecular weight excluding hydrogens is 206 g/mol. The molecule has 0 unspecified atom stereocenters. The van der Waals surface area contributed by atoms with E-state index >= 15 is 0 Å². The van der Waals surface area contributed by atoms with Crippen molar-refractivity contribution in [2.45, 2.75) is 37.1 Å². The molecule has 3 rings (SSSR count). The second-order valence-electron chi connectivity index (χ2n) is 4.95. The van der Waals surface area contributed by atoms with Crippen LogP contribution in [0.15, 0.2) is 24.3 Å². The number of rotatable bonds is 4. The molecule has 1 aromatic rings. The highest BCUT2D eigenvalue weighted by atomic mass is 35.5. The first-order valence-corrected chi connectivity index (χ1v) is 6.16. The Hall–Kier alpha value is -0.530. The Morgan fingerprint density at radius 3 is 2.73 bits per heavy atom. The molecule has 0 spiro atoms. The van der Waals surface area contributed by atoms with E-state index in [0.717, 1.165) is 17.6 Å². The van der Waals surface area contributed by atoms with Crippen LogP contribution in [0.25, 0.3) is 0 Å². The molecule has 0 atom stereocenters. The third kappa shape index (κ3) is 2.04. The van der Waals surface area contributed by atoms with Gasteiger partial charge in [0.05, 0.1) is 0 Å². The van der Waals surface area contributed by atoms with Crippen molar-refractivity contribution in [2.75, 3.05) is 6.54 Å². The Balaban J connectivity index is 1.73. The minimum Gasteiger partial charge on any atom is -0.313 e. The summed E-state index contributed by atoms with van der Waals surface area (Å²) in [4.78, 5) is 0. The molecule has 2 fully saturated rings. The molecule has 0 radical (unpaired) electrons. The standard InChI is InChI=1S/C13H16ClN/c14-11-3-1-2-10(8-11)13(6-7-13)9-15-12-4-5-12/h1-3,8,12,15H,4-7,9H2. The molecule has 0 bridgehead atoms. The Morgan fingerprint density at radius 2 is 2.13 bits per heavy atom. The van der Waals surface area contributed by atoms with Crippen LogP contribution in [-0.2, 0) is 5.41 Å². The summed E-state index contributed by atoms with van der Waals surface area (Å²) in [5.74, 6) is 0. The van der Waals surface area contributed by atoms with Crippen LogP contribution < -0.4 is 5.32 Å². The fourth-order valence-corrected chi connectivity index (χ4v) is 2.35. The molecule has 2 aliphatic carbocycles. The van der Waals surface area contributed by atoms with Crippen LogP contribution in [0, 0.1) is 0 Å². The number of nitrogens with one attached hydrogen (secondary N) is 1. The average Bonchev–Trinajstić information content (AvgIpc) is 3.12. The van der Waals surface area contributed by atoms with Gasteiger partial charge in [0.15, 0.2) is 0 Å². The number of benzene rings is 1. The molecule has 15 heavy (non-hydrogen) atoms. The van der Waals surface area contributed by atoms with Crippen LogP contribution in [0.3, 0.4) is 0 Å². The highest BCUT2D eigenvalue weighted by Crippen LogP contribution is 2.48. The minimum absolute atomic E-state index is 0.410. The maximum Gasteiger partial charge on any atom is 0.0408 e. The first-order valence-electron chi connectivity index (χ1n) is 5.78. The van der Waals surface area contributed by atoms with Crippen molar-refractivity contribution in [1.82, 2.24) is 5.32 Å². The summed E-state index contributed by atoms with van der Waals surface area (Å²) in [5.41, 5.74) is 1.83. The van der Waals surface area contributed by atoms with Gasteiger partial charge in [-0.1, -0.05) is 23.7 Å². The largest absolute Gasteiger partial charge is 0.313 e. The summed E-state index contributed by atoms with van der Waals surface area (Å²) in [6, 6.07) is 9.17. The Labute approximate surface area is 95.8 Å². The lowest BCUT2D eigenvalue weighted by atomic mass is 9.96. The third-order valence-corrected chi connectivity index (χ3v) is 3.83. The topological polar surface area (TPSA) is 12.0 Å². The van der Waals surface area contributed by atoms with Crippen molar-refractivity contribution < 1.29 is 0 Å². The molecule has 2 aliphatic rings. The average molecular weight is 222 g/mol. The molecule has 0 amide bonds. The molecule has 2 heteroatoms. The van der Waals surface area contributed by atoms with E-state index in [0.29, 0.717) is 5.41 Å². The third-order valence-electron chi connectivity index (χ3n) is 3.60. The normalized spacial score (nSPS) is 22.7. The van der Waals surface area contributed by atoms with Crippen molar-refractivity contribution in [3.63, 3.8) is 0 Å². The zero-order chi connectivity index (χ0) is 10.3. The summed E-state index contributed by atoms with van der Waals surface area (Å²) in [6.07, 6.45) is 5.36.